The molecule has 0 bridgehead atoms. The Morgan fingerprint density at radius 2 is 1.55 bits per heavy atom. The third-order valence-corrected chi connectivity index (χ3v) is 4.26. The topological polar surface area (TPSA) is 17.1 Å². The van der Waals surface area contributed by atoms with Crippen LogP contribution >= 0.6 is 46.4 Å². The first kappa shape index (κ1) is 15.4. The highest BCUT2D eigenvalue weighted by molar-refractivity contribution is 6.49. The van der Waals surface area contributed by atoms with E-state index in [0.717, 1.165) is 5.56 Å². The van der Waals surface area contributed by atoms with E-state index in [0.29, 0.717) is 15.6 Å². The first-order chi connectivity index (χ1) is 9.50. The summed E-state index contributed by atoms with van der Waals surface area (Å²) in [6, 6.07) is 10.3. The molecular formula is C15H8Cl4O. The first-order valence-electron chi connectivity index (χ1n) is 5.61. The van der Waals surface area contributed by atoms with Gasteiger partial charge in [-0.05, 0) is 35.9 Å². The Labute approximate surface area is 136 Å². The van der Waals surface area contributed by atoms with Crippen LogP contribution in [0.2, 0.25) is 20.1 Å². The lowest BCUT2D eigenvalue weighted by Gasteiger charge is -2.04. The van der Waals surface area contributed by atoms with Crippen molar-refractivity contribution < 1.29 is 4.79 Å². The van der Waals surface area contributed by atoms with Gasteiger partial charge in [0.2, 0.25) is 0 Å². The molecule has 0 heterocycles. The normalized spacial score (nSPS) is 11.0. The zero-order valence-electron chi connectivity index (χ0n) is 10.0. The van der Waals surface area contributed by atoms with Gasteiger partial charge in [0.15, 0.2) is 5.78 Å². The summed E-state index contributed by atoms with van der Waals surface area (Å²) in [6.07, 6.45) is 3.02. The fourth-order valence-corrected chi connectivity index (χ4v) is 2.41. The van der Waals surface area contributed by atoms with Crippen molar-refractivity contribution in [1.29, 1.82) is 0 Å². The van der Waals surface area contributed by atoms with Gasteiger partial charge in [-0.2, -0.15) is 0 Å². The number of allylic oxidation sites excluding steroid dienone is 1. The van der Waals surface area contributed by atoms with Gasteiger partial charge < -0.3 is 0 Å². The van der Waals surface area contributed by atoms with Crippen LogP contribution < -0.4 is 0 Å². The van der Waals surface area contributed by atoms with Gasteiger partial charge >= 0.3 is 0 Å². The molecule has 102 valence electrons. The number of rotatable bonds is 3. The average Bonchev–Trinajstić information content (AvgIpc) is 2.44. The molecule has 5 heteroatoms. The van der Waals surface area contributed by atoms with Crippen LogP contribution in [0.5, 0.6) is 0 Å². The summed E-state index contributed by atoms with van der Waals surface area (Å²) in [4.78, 5) is 12.1. The standard InChI is InChI=1S/C15H8Cl4O/c16-11-4-2-1-3-9(11)5-8-13(20)10-6-7-12(17)15(19)14(10)18/h1-8H. The lowest BCUT2D eigenvalue weighted by molar-refractivity contribution is 0.104. The van der Waals surface area contributed by atoms with Crippen molar-refractivity contribution in [1.82, 2.24) is 0 Å². The summed E-state index contributed by atoms with van der Waals surface area (Å²) >= 11 is 23.7. The molecular weight excluding hydrogens is 338 g/mol. The molecule has 0 N–H and O–H groups in total. The van der Waals surface area contributed by atoms with E-state index in [1.54, 1.807) is 12.1 Å². The molecule has 0 unspecified atom stereocenters. The van der Waals surface area contributed by atoms with E-state index < -0.39 is 0 Å². The fraction of sp³-hybridized carbons (Fsp3) is 0. The number of hydrogen-bond donors (Lipinski definition) is 0. The Bertz CT molecular complexity index is 692. The number of carbonyl (C=O) groups excluding carboxylic acids is 1. The summed E-state index contributed by atoms with van der Waals surface area (Å²) < 4.78 is 0. The van der Waals surface area contributed by atoms with Crippen molar-refractivity contribution >= 4 is 58.3 Å². The lowest BCUT2D eigenvalue weighted by Crippen LogP contribution is -1.96. The third-order valence-electron chi connectivity index (χ3n) is 2.62. The Morgan fingerprint density at radius 3 is 2.25 bits per heavy atom. The van der Waals surface area contributed by atoms with Gasteiger partial charge in [0, 0.05) is 10.6 Å². The minimum absolute atomic E-state index is 0.146. The molecule has 0 saturated carbocycles. The van der Waals surface area contributed by atoms with Crippen LogP contribution in [0.4, 0.5) is 0 Å². The zero-order chi connectivity index (χ0) is 14.7. The van der Waals surface area contributed by atoms with Gasteiger partial charge in [0.1, 0.15) is 0 Å². The van der Waals surface area contributed by atoms with Crippen LogP contribution in [0.15, 0.2) is 42.5 Å². The maximum atomic E-state index is 12.1. The minimum Gasteiger partial charge on any atom is -0.289 e. The molecule has 0 aliphatic carbocycles. The number of hydrogen-bond acceptors (Lipinski definition) is 1. The van der Waals surface area contributed by atoms with Gasteiger partial charge in [-0.15, -0.1) is 0 Å². The predicted molar refractivity (Wildman–Crippen MR) is 86.3 cm³/mol. The van der Waals surface area contributed by atoms with Crippen molar-refractivity contribution in [2.45, 2.75) is 0 Å². The smallest absolute Gasteiger partial charge is 0.187 e. The number of halogens is 4. The fourth-order valence-electron chi connectivity index (χ4n) is 1.58. The van der Waals surface area contributed by atoms with Crippen molar-refractivity contribution in [2.24, 2.45) is 0 Å². The summed E-state index contributed by atoms with van der Waals surface area (Å²) in [6.45, 7) is 0. The van der Waals surface area contributed by atoms with Crippen molar-refractivity contribution in [2.75, 3.05) is 0 Å². The molecule has 0 aromatic heterocycles. The Morgan fingerprint density at radius 1 is 0.850 bits per heavy atom. The average molecular weight is 346 g/mol. The molecule has 0 radical (unpaired) electrons. The largest absolute Gasteiger partial charge is 0.289 e. The van der Waals surface area contributed by atoms with Crippen LogP contribution in [0.25, 0.3) is 6.08 Å². The van der Waals surface area contributed by atoms with E-state index in [-0.39, 0.29) is 15.8 Å². The van der Waals surface area contributed by atoms with E-state index in [1.165, 1.54) is 18.2 Å². The van der Waals surface area contributed by atoms with Crippen molar-refractivity contribution in [3.63, 3.8) is 0 Å². The minimum atomic E-state index is -0.270. The lowest BCUT2D eigenvalue weighted by atomic mass is 10.1. The second-order valence-corrected chi connectivity index (χ2v) is 5.51. The summed E-state index contributed by atoms with van der Waals surface area (Å²) in [5, 5.41) is 1.19. The van der Waals surface area contributed by atoms with E-state index in [1.807, 2.05) is 18.2 Å². The Balaban J connectivity index is 2.30. The molecule has 0 aliphatic rings. The molecule has 1 nitrogen and oxygen atoms in total. The van der Waals surface area contributed by atoms with E-state index in [4.69, 9.17) is 46.4 Å². The first-order valence-corrected chi connectivity index (χ1v) is 7.12. The SMILES string of the molecule is O=C(C=Cc1ccccc1Cl)c1ccc(Cl)c(Cl)c1Cl. The van der Waals surface area contributed by atoms with E-state index >= 15 is 0 Å². The highest BCUT2D eigenvalue weighted by Gasteiger charge is 2.13. The quantitative estimate of drug-likeness (QED) is 0.368. The molecule has 2 rings (SSSR count). The number of ketones is 1. The number of benzene rings is 2. The van der Waals surface area contributed by atoms with E-state index in [2.05, 4.69) is 0 Å². The molecule has 2 aromatic carbocycles. The third kappa shape index (κ3) is 3.36. The van der Waals surface area contributed by atoms with Gasteiger partial charge in [-0.25, -0.2) is 0 Å². The molecule has 2 aromatic rings. The van der Waals surface area contributed by atoms with Gasteiger partial charge in [-0.3, -0.25) is 4.79 Å². The second-order valence-electron chi connectivity index (χ2n) is 3.94. The molecule has 0 fully saturated rings. The van der Waals surface area contributed by atoms with Crippen molar-refractivity contribution in [3.8, 4) is 0 Å². The summed E-state index contributed by atoms with van der Waals surface area (Å²) in [5.41, 5.74) is 1.04. The Kier molecular flexibility index (Phi) is 5.11. The molecule has 0 atom stereocenters. The highest BCUT2D eigenvalue weighted by Crippen LogP contribution is 2.33. The van der Waals surface area contributed by atoms with Crippen LogP contribution in [0.1, 0.15) is 15.9 Å². The van der Waals surface area contributed by atoms with Crippen molar-refractivity contribution in [3.05, 3.63) is 73.7 Å². The molecule has 0 saturated heterocycles. The van der Waals surface area contributed by atoms with Crippen LogP contribution in [0, 0.1) is 0 Å². The van der Waals surface area contributed by atoms with Gasteiger partial charge in [-0.1, -0.05) is 64.6 Å². The number of carbonyl (C=O) groups is 1. The molecule has 0 aliphatic heterocycles. The Hall–Kier alpha value is -0.990. The zero-order valence-corrected chi connectivity index (χ0v) is 13.1. The monoisotopic (exact) mass is 344 g/mol. The van der Waals surface area contributed by atoms with Crippen LogP contribution in [-0.2, 0) is 0 Å². The van der Waals surface area contributed by atoms with E-state index in [9.17, 15) is 4.79 Å². The molecule has 20 heavy (non-hydrogen) atoms. The van der Waals surface area contributed by atoms with Gasteiger partial charge in [0.05, 0.1) is 15.1 Å². The predicted octanol–water partition coefficient (Wildman–Crippen LogP) is 6.20. The summed E-state index contributed by atoms with van der Waals surface area (Å²) in [5.74, 6) is -0.270. The van der Waals surface area contributed by atoms with Crippen LogP contribution in [-0.4, -0.2) is 5.78 Å². The van der Waals surface area contributed by atoms with Crippen LogP contribution in [0.3, 0.4) is 0 Å². The summed E-state index contributed by atoms with van der Waals surface area (Å²) in [7, 11) is 0. The molecule has 0 spiro atoms. The molecule has 0 amide bonds. The van der Waals surface area contributed by atoms with Gasteiger partial charge in [0.25, 0.3) is 0 Å². The highest BCUT2D eigenvalue weighted by atomic mass is 35.5. The maximum absolute atomic E-state index is 12.1. The maximum Gasteiger partial charge on any atom is 0.187 e. The second kappa shape index (κ2) is 6.64.